The third-order valence-electron chi connectivity index (χ3n) is 3.87. The Morgan fingerprint density at radius 1 is 1.05 bits per heavy atom. The molecule has 0 saturated carbocycles. The topological polar surface area (TPSA) is 50.8 Å². The highest BCUT2D eigenvalue weighted by Crippen LogP contribution is 2.42. The smallest absolute Gasteiger partial charge is 0.253 e. The molecule has 1 unspecified atom stereocenters. The van der Waals surface area contributed by atoms with Gasteiger partial charge in [-0.15, -0.1) is 0 Å². The Morgan fingerprint density at radius 3 is 2.32 bits per heavy atom. The van der Waals surface area contributed by atoms with Gasteiger partial charge < -0.3 is 19.7 Å². The van der Waals surface area contributed by atoms with E-state index in [0.717, 1.165) is 16.9 Å². The molecule has 1 aliphatic rings. The van der Waals surface area contributed by atoms with Crippen LogP contribution in [0, 0.1) is 0 Å². The number of carbonyl (C=O) groups excluding carboxylic acids is 1. The number of hydrogen-bond acceptors (Lipinski definition) is 4. The molecule has 2 aromatic rings. The van der Waals surface area contributed by atoms with E-state index in [1.165, 1.54) is 0 Å². The molecule has 114 valence electrons. The predicted molar refractivity (Wildman–Crippen MR) is 85.8 cm³/mol. The van der Waals surface area contributed by atoms with Gasteiger partial charge in [0, 0.05) is 19.2 Å². The molecule has 0 aliphatic carbocycles. The van der Waals surface area contributed by atoms with Crippen LogP contribution >= 0.6 is 0 Å². The first-order valence-electron chi connectivity index (χ1n) is 7.00. The Balaban J connectivity index is 2.06. The molecular formula is C17H18N2O3. The molecule has 5 nitrogen and oxygen atoms in total. The van der Waals surface area contributed by atoms with Crippen molar-refractivity contribution in [2.75, 3.05) is 31.5 Å². The number of hydrogen-bond donors (Lipinski definition) is 1. The van der Waals surface area contributed by atoms with Gasteiger partial charge in [-0.25, -0.2) is 0 Å². The second-order valence-electron chi connectivity index (χ2n) is 5.11. The molecule has 1 atom stereocenters. The summed E-state index contributed by atoms with van der Waals surface area (Å²) in [7, 11) is 4.94. The van der Waals surface area contributed by atoms with Crippen molar-refractivity contribution in [3.05, 3.63) is 48.0 Å². The van der Waals surface area contributed by atoms with E-state index in [1.54, 1.807) is 32.2 Å². The highest BCUT2D eigenvalue weighted by atomic mass is 16.5. The van der Waals surface area contributed by atoms with E-state index in [2.05, 4.69) is 5.32 Å². The lowest BCUT2D eigenvalue weighted by Crippen LogP contribution is -2.39. The Morgan fingerprint density at radius 2 is 1.68 bits per heavy atom. The zero-order valence-corrected chi connectivity index (χ0v) is 12.8. The van der Waals surface area contributed by atoms with Gasteiger partial charge in [0.2, 0.25) is 0 Å². The number of benzene rings is 2. The largest absolute Gasteiger partial charge is 0.493 e. The molecule has 0 fully saturated rings. The molecule has 0 radical (unpaired) electrons. The summed E-state index contributed by atoms with van der Waals surface area (Å²) < 4.78 is 10.6. The van der Waals surface area contributed by atoms with Crippen LogP contribution in [0.1, 0.15) is 11.6 Å². The average molecular weight is 298 g/mol. The maximum atomic E-state index is 12.6. The molecule has 0 spiro atoms. The molecule has 2 aromatic carbocycles. The number of nitrogens with one attached hydrogen (secondary N) is 1. The number of likely N-dealkylation sites (N-methyl/N-ethyl adjacent to an activating group) is 1. The molecule has 22 heavy (non-hydrogen) atoms. The maximum absolute atomic E-state index is 12.6. The summed E-state index contributed by atoms with van der Waals surface area (Å²) in [5, 5.41) is 3.29. The first kappa shape index (κ1) is 14.3. The number of ether oxygens (including phenoxy) is 2. The summed E-state index contributed by atoms with van der Waals surface area (Å²) in [6.07, 6.45) is 0. The van der Waals surface area contributed by atoms with Gasteiger partial charge in [-0.2, -0.15) is 0 Å². The van der Waals surface area contributed by atoms with Crippen molar-refractivity contribution in [1.29, 1.82) is 0 Å². The molecule has 1 amide bonds. The van der Waals surface area contributed by atoms with Gasteiger partial charge in [0.15, 0.2) is 11.5 Å². The molecule has 0 bridgehead atoms. The molecule has 5 heteroatoms. The predicted octanol–water partition coefficient (Wildman–Crippen LogP) is 2.83. The average Bonchev–Trinajstić information content (AvgIpc) is 2.57. The van der Waals surface area contributed by atoms with Crippen molar-refractivity contribution >= 4 is 17.3 Å². The van der Waals surface area contributed by atoms with Crippen LogP contribution in [-0.2, 0) is 4.79 Å². The number of anilines is 2. The van der Waals surface area contributed by atoms with Gasteiger partial charge in [-0.1, -0.05) is 30.3 Å². The molecule has 1 N–H and O–H groups in total. The van der Waals surface area contributed by atoms with E-state index in [4.69, 9.17) is 9.47 Å². The van der Waals surface area contributed by atoms with E-state index in [1.807, 2.05) is 36.4 Å². The van der Waals surface area contributed by atoms with E-state index >= 15 is 0 Å². The second kappa shape index (κ2) is 5.60. The van der Waals surface area contributed by atoms with Crippen LogP contribution in [0.5, 0.6) is 11.5 Å². The van der Waals surface area contributed by atoms with Crippen molar-refractivity contribution in [3.63, 3.8) is 0 Å². The summed E-state index contributed by atoms with van der Waals surface area (Å²) in [5.41, 5.74) is 2.54. The molecule has 0 saturated heterocycles. The van der Waals surface area contributed by atoms with Crippen molar-refractivity contribution in [2.24, 2.45) is 0 Å². The van der Waals surface area contributed by atoms with Crippen LogP contribution < -0.4 is 19.7 Å². The lowest BCUT2D eigenvalue weighted by atomic mass is 10.0. The minimum atomic E-state index is -0.406. The summed E-state index contributed by atoms with van der Waals surface area (Å²) in [4.78, 5) is 14.3. The number of fused-ring (bicyclic) bond motifs is 1. The van der Waals surface area contributed by atoms with Crippen LogP contribution in [-0.4, -0.2) is 27.2 Å². The zero-order valence-electron chi connectivity index (χ0n) is 12.8. The normalized spacial score (nSPS) is 16.8. The molecule has 1 heterocycles. The third-order valence-corrected chi connectivity index (χ3v) is 3.87. The summed E-state index contributed by atoms with van der Waals surface area (Å²) in [5.74, 6) is 1.22. The quantitative estimate of drug-likeness (QED) is 0.946. The van der Waals surface area contributed by atoms with E-state index < -0.39 is 6.04 Å². The van der Waals surface area contributed by atoms with Crippen LogP contribution in [0.2, 0.25) is 0 Å². The molecule has 0 aromatic heterocycles. The lowest BCUT2D eigenvalue weighted by Gasteiger charge is -2.33. The maximum Gasteiger partial charge on any atom is 0.253 e. The third kappa shape index (κ3) is 2.24. The van der Waals surface area contributed by atoms with Crippen LogP contribution in [0.25, 0.3) is 0 Å². The first-order chi connectivity index (χ1) is 10.7. The van der Waals surface area contributed by atoms with Crippen LogP contribution in [0.3, 0.4) is 0 Å². The van der Waals surface area contributed by atoms with Crippen LogP contribution in [0.15, 0.2) is 42.5 Å². The number of methoxy groups -OCH3 is 2. The van der Waals surface area contributed by atoms with Gasteiger partial charge in [-0.05, 0) is 5.56 Å². The van der Waals surface area contributed by atoms with Crippen molar-refractivity contribution in [3.8, 4) is 11.5 Å². The van der Waals surface area contributed by atoms with Crippen molar-refractivity contribution in [2.45, 2.75) is 6.04 Å². The molecule has 1 aliphatic heterocycles. The fourth-order valence-corrected chi connectivity index (χ4v) is 2.66. The van der Waals surface area contributed by atoms with Gasteiger partial charge in [0.25, 0.3) is 5.91 Å². The highest BCUT2D eigenvalue weighted by molar-refractivity contribution is 6.05. The first-order valence-corrected chi connectivity index (χ1v) is 7.00. The highest BCUT2D eigenvalue weighted by Gasteiger charge is 2.32. The van der Waals surface area contributed by atoms with Gasteiger partial charge in [0.05, 0.1) is 25.6 Å². The number of carbonyl (C=O) groups is 1. The number of rotatable bonds is 3. The summed E-state index contributed by atoms with van der Waals surface area (Å²) in [6.45, 7) is 0. The van der Waals surface area contributed by atoms with E-state index in [-0.39, 0.29) is 5.91 Å². The van der Waals surface area contributed by atoms with Crippen LogP contribution in [0.4, 0.5) is 11.4 Å². The second-order valence-corrected chi connectivity index (χ2v) is 5.11. The fourth-order valence-electron chi connectivity index (χ4n) is 2.66. The van der Waals surface area contributed by atoms with Crippen molar-refractivity contribution in [1.82, 2.24) is 0 Å². The Labute approximate surface area is 129 Å². The molecular weight excluding hydrogens is 280 g/mol. The Hall–Kier alpha value is -2.69. The standard InChI is InChI=1S/C17H18N2O3/c1-19-13-10-15(22-3)14(21-2)9-12(13)18-16(17(19)20)11-7-5-4-6-8-11/h4-10,16,18H,1-3H3. The lowest BCUT2D eigenvalue weighted by molar-refractivity contribution is -0.119. The van der Waals surface area contributed by atoms with Gasteiger partial charge >= 0.3 is 0 Å². The SMILES string of the molecule is COc1cc2c(cc1OC)N(C)C(=O)C(c1ccccc1)N2. The summed E-state index contributed by atoms with van der Waals surface area (Å²) in [6, 6.07) is 12.9. The summed E-state index contributed by atoms with van der Waals surface area (Å²) >= 11 is 0. The Bertz CT molecular complexity index is 701. The Kier molecular flexibility index (Phi) is 3.63. The van der Waals surface area contributed by atoms with Crippen molar-refractivity contribution < 1.29 is 14.3 Å². The van der Waals surface area contributed by atoms with Gasteiger partial charge in [-0.3, -0.25) is 4.79 Å². The van der Waals surface area contributed by atoms with E-state index in [9.17, 15) is 4.79 Å². The minimum absolute atomic E-state index is 0.00841. The zero-order chi connectivity index (χ0) is 15.7. The number of nitrogens with zero attached hydrogens (tertiary/aromatic N) is 1. The number of amides is 1. The fraction of sp³-hybridized carbons (Fsp3) is 0.235. The minimum Gasteiger partial charge on any atom is -0.493 e. The van der Waals surface area contributed by atoms with Gasteiger partial charge in [0.1, 0.15) is 6.04 Å². The molecule has 3 rings (SSSR count). The monoisotopic (exact) mass is 298 g/mol. The van der Waals surface area contributed by atoms with E-state index in [0.29, 0.717) is 11.5 Å².